The summed E-state index contributed by atoms with van der Waals surface area (Å²) in [4.78, 5) is 37.5. The Morgan fingerprint density at radius 2 is 1.82 bits per heavy atom. The van der Waals surface area contributed by atoms with E-state index in [4.69, 9.17) is 0 Å². The summed E-state index contributed by atoms with van der Waals surface area (Å²) in [6, 6.07) is 9.45. The van der Waals surface area contributed by atoms with Crippen LogP contribution in [0, 0.1) is 0 Å². The SMILES string of the molecule is O=C(NNC1CC(=O)N(c2cccc(C(F)(F)F)c2)C1=O)c1ccccc1Br. The topological polar surface area (TPSA) is 78.5 Å². The van der Waals surface area contributed by atoms with E-state index < -0.39 is 35.5 Å². The minimum atomic E-state index is -4.60. The van der Waals surface area contributed by atoms with Crippen LogP contribution in [0.15, 0.2) is 53.0 Å². The van der Waals surface area contributed by atoms with Crippen molar-refractivity contribution >= 4 is 39.3 Å². The lowest BCUT2D eigenvalue weighted by Gasteiger charge is -2.17. The average molecular weight is 456 g/mol. The van der Waals surface area contributed by atoms with Crippen molar-refractivity contribution in [3.8, 4) is 0 Å². The van der Waals surface area contributed by atoms with Crippen LogP contribution in [0.5, 0.6) is 0 Å². The molecule has 1 atom stereocenters. The number of amides is 3. The lowest BCUT2D eigenvalue weighted by atomic mass is 10.2. The third-order valence-electron chi connectivity index (χ3n) is 4.06. The molecule has 146 valence electrons. The van der Waals surface area contributed by atoms with Crippen LogP contribution in [0.3, 0.4) is 0 Å². The van der Waals surface area contributed by atoms with Gasteiger partial charge in [0.05, 0.1) is 23.2 Å². The number of anilines is 1. The van der Waals surface area contributed by atoms with Gasteiger partial charge in [0.15, 0.2) is 0 Å². The predicted octanol–water partition coefficient (Wildman–Crippen LogP) is 3.03. The van der Waals surface area contributed by atoms with Crippen LogP contribution in [0.25, 0.3) is 0 Å². The number of nitrogens with zero attached hydrogens (tertiary/aromatic N) is 1. The summed E-state index contributed by atoms with van der Waals surface area (Å²) in [5.74, 6) is -1.96. The number of benzene rings is 2. The maximum atomic E-state index is 12.9. The molecule has 1 aliphatic heterocycles. The van der Waals surface area contributed by atoms with Crippen LogP contribution >= 0.6 is 15.9 Å². The van der Waals surface area contributed by atoms with Gasteiger partial charge in [0.2, 0.25) is 5.91 Å². The maximum absolute atomic E-state index is 12.9. The van der Waals surface area contributed by atoms with E-state index in [2.05, 4.69) is 26.8 Å². The highest BCUT2D eigenvalue weighted by molar-refractivity contribution is 9.10. The van der Waals surface area contributed by atoms with Gasteiger partial charge in [-0.3, -0.25) is 19.8 Å². The first-order valence-corrected chi connectivity index (χ1v) is 8.82. The van der Waals surface area contributed by atoms with Gasteiger partial charge in [0, 0.05) is 4.47 Å². The van der Waals surface area contributed by atoms with Crippen molar-refractivity contribution in [3.63, 3.8) is 0 Å². The van der Waals surface area contributed by atoms with Crippen molar-refractivity contribution in [3.05, 3.63) is 64.1 Å². The van der Waals surface area contributed by atoms with Crippen molar-refractivity contribution in [2.45, 2.75) is 18.6 Å². The number of imide groups is 1. The molecule has 1 aliphatic rings. The summed E-state index contributed by atoms with van der Waals surface area (Å²) in [5, 5.41) is 0. The molecule has 6 nitrogen and oxygen atoms in total. The lowest BCUT2D eigenvalue weighted by molar-refractivity contribution is -0.137. The van der Waals surface area contributed by atoms with E-state index in [0.29, 0.717) is 14.9 Å². The van der Waals surface area contributed by atoms with E-state index in [-0.39, 0.29) is 12.1 Å². The van der Waals surface area contributed by atoms with Crippen molar-refractivity contribution in [1.82, 2.24) is 10.9 Å². The molecule has 2 aromatic carbocycles. The second kappa shape index (κ2) is 7.72. The Morgan fingerprint density at radius 3 is 2.50 bits per heavy atom. The molecule has 0 aliphatic carbocycles. The molecule has 0 aromatic heterocycles. The summed E-state index contributed by atoms with van der Waals surface area (Å²) in [6.45, 7) is 0. The highest BCUT2D eigenvalue weighted by Gasteiger charge is 2.40. The molecule has 1 saturated heterocycles. The predicted molar refractivity (Wildman–Crippen MR) is 97.1 cm³/mol. The number of alkyl halides is 3. The van der Waals surface area contributed by atoms with E-state index >= 15 is 0 Å². The number of carbonyl (C=O) groups is 3. The van der Waals surface area contributed by atoms with E-state index in [1.165, 1.54) is 6.07 Å². The van der Waals surface area contributed by atoms with Gasteiger partial charge in [-0.15, -0.1) is 0 Å². The molecule has 0 bridgehead atoms. The summed E-state index contributed by atoms with van der Waals surface area (Å²) in [5.41, 5.74) is 3.98. The van der Waals surface area contributed by atoms with Gasteiger partial charge in [0.1, 0.15) is 6.04 Å². The molecule has 0 radical (unpaired) electrons. The minimum Gasteiger partial charge on any atom is -0.287 e. The monoisotopic (exact) mass is 455 g/mol. The molecule has 10 heteroatoms. The molecule has 2 N–H and O–H groups in total. The van der Waals surface area contributed by atoms with Gasteiger partial charge in [-0.1, -0.05) is 18.2 Å². The summed E-state index contributed by atoms with van der Waals surface area (Å²) in [6.07, 6.45) is -4.90. The fourth-order valence-electron chi connectivity index (χ4n) is 2.70. The van der Waals surface area contributed by atoms with Gasteiger partial charge in [-0.2, -0.15) is 13.2 Å². The zero-order valence-electron chi connectivity index (χ0n) is 14.1. The van der Waals surface area contributed by atoms with Crippen LogP contribution in [0.1, 0.15) is 22.3 Å². The van der Waals surface area contributed by atoms with E-state index in [0.717, 1.165) is 18.2 Å². The first kappa shape index (κ1) is 20.0. The molecule has 0 saturated carbocycles. The normalized spacial score (nSPS) is 17.1. The van der Waals surface area contributed by atoms with E-state index in [1.807, 2.05) is 0 Å². The molecule has 2 aromatic rings. The fraction of sp³-hybridized carbons (Fsp3) is 0.167. The number of halogens is 4. The number of carbonyl (C=O) groups excluding carboxylic acids is 3. The van der Waals surface area contributed by atoms with E-state index in [1.54, 1.807) is 24.3 Å². The number of hydrogen-bond acceptors (Lipinski definition) is 4. The molecule has 3 amide bonds. The highest BCUT2D eigenvalue weighted by Crippen LogP contribution is 2.33. The zero-order valence-corrected chi connectivity index (χ0v) is 15.7. The Labute approximate surface area is 165 Å². The van der Waals surface area contributed by atoms with Crippen molar-refractivity contribution < 1.29 is 27.6 Å². The summed E-state index contributed by atoms with van der Waals surface area (Å²) < 4.78 is 39.2. The molecule has 0 spiro atoms. The van der Waals surface area contributed by atoms with Gasteiger partial charge < -0.3 is 0 Å². The van der Waals surface area contributed by atoms with Crippen LogP contribution in [0.4, 0.5) is 18.9 Å². The second-order valence-electron chi connectivity index (χ2n) is 5.95. The van der Waals surface area contributed by atoms with Crippen LogP contribution in [-0.2, 0) is 15.8 Å². The Hall–Kier alpha value is -2.72. The third kappa shape index (κ3) is 4.07. The molecule has 1 unspecified atom stereocenters. The number of hydrogen-bond donors (Lipinski definition) is 2. The lowest BCUT2D eigenvalue weighted by Crippen LogP contribution is -2.48. The van der Waals surface area contributed by atoms with Crippen LogP contribution in [-0.4, -0.2) is 23.8 Å². The average Bonchev–Trinajstić information content (AvgIpc) is 2.93. The van der Waals surface area contributed by atoms with Crippen molar-refractivity contribution in [1.29, 1.82) is 0 Å². The highest BCUT2D eigenvalue weighted by atomic mass is 79.9. The smallest absolute Gasteiger partial charge is 0.287 e. The van der Waals surface area contributed by atoms with Crippen LogP contribution < -0.4 is 15.8 Å². The van der Waals surface area contributed by atoms with Gasteiger partial charge in [-0.05, 0) is 46.3 Å². The summed E-state index contributed by atoms with van der Waals surface area (Å²) >= 11 is 3.22. The Morgan fingerprint density at radius 1 is 1.11 bits per heavy atom. The Bertz CT molecular complexity index is 949. The van der Waals surface area contributed by atoms with Crippen LogP contribution in [0.2, 0.25) is 0 Å². The first-order valence-electron chi connectivity index (χ1n) is 8.03. The molecule has 1 heterocycles. The first-order chi connectivity index (χ1) is 13.2. The number of rotatable bonds is 4. The Kier molecular flexibility index (Phi) is 5.52. The molecule has 28 heavy (non-hydrogen) atoms. The largest absolute Gasteiger partial charge is 0.416 e. The quantitative estimate of drug-likeness (QED) is 0.548. The maximum Gasteiger partial charge on any atom is 0.416 e. The second-order valence-corrected chi connectivity index (χ2v) is 6.80. The van der Waals surface area contributed by atoms with Gasteiger partial charge >= 0.3 is 6.18 Å². The molecule has 3 rings (SSSR count). The number of hydrazine groups is 1. The minimum absolute atomic E-state index is 0.175. The molecular formula is C18H13BrF3N3O3. The third-order valence-corrected chi connectivity index (χ3v) is 4.75. The van der Waals surface area contributed by atoms with Gasteiger partial charge in [0.25, 0.3) is 11.8 Å². The zero-order chi connectivity index (χ0) is 20.5. The van der Waals surface area contributed by atoms with Crippen molar-refractivity contribution in [2.75, 3.05) is 4.90 Å². The number of nitrogens with one attached hydrogen (secondary N) is 2. The molecule has 1 fully saturated rings. The summed E-state index contributed by atoms with van der Waals surface area (Å²) in [7, 11) is 0. The fourth-order valence-corrected chi connectivity index (χ4v) is 3.17. The molecular weight excluding hydrogens is 443 g/mol. The van der Waals surface area contributed by atoms with E-state index in [9.17, 15) is 27.6 Å². The Balaban J connectivity index is 1.72. The van der Waals surface area contributed by atoms with Crippen molar-refractivity contribution in [2.24, 2.45) is 0 Å². The van der Waals surface area contributed by atoms with Gasteiger partial charge in [-0.25, -0.2) is 10.3 Å². The standard InChI is InChI=1S/C18H13BrF3N3O3/c19-13-7-2-1-6-12(13)16(27)24-23-14-9-15(26)25(17(14)28)11-5-3-4-10(8-11)18(20,21)22/h1-8,14,23H,9H2,(H,24,27).